The summed E-state index contributed by atoms with van der Waals surface area (Å²) in [6.45, 7) is 0. The number of hydrogen-bond donors (Lipinski definition) is 0. The summed E-state index contributed by atoms with van der Waals surface area (Å²) in [7, 11) is 0. The maximum absolute atomic E-state index is 13.3. The minimum atomic E-state index is -0.593. The van der Waals surface area contributed by atoms with Crippen LogP contribution in [0.3, 0.4) is 0 Å². The molecule has 0 radical (unpaired) electrons. The number of halogens is 1. The first-order valence-corrected chi connectivity index (χ1v) is 6.96. The van der Waals surface area contributed by atoms with Crippen LogP contribution in [0.5, 0.6) is 0 Å². The van der Waals surface area contributed by atoms with E-state index in [1.54, 1.807) is 6.07 Å². The number of carbonyl (C=O) groups excluding carboxylic acids is 1. The molecule has 0 saturated carbocycles. The van der Waals surface area contributed by atoms with E-state index in [-0.39, 0.29) is 11.6 Å². The molecule has 1 aromatic heterocycles. The van der Waals surface area contributed by atoms with Crippen LogP contribution in [0.2, 0.25) is 0 Å². The Labute approximate surface area is 130 Å². The van der Waals surface area contributed by atoms with Crippen molar-refractivity contribution in [1.29, 1.82) is 0 Å². The first-order chi connectivity index (χ1) is 11.2. The normalized spacial score (nSPS) is 16.0. The standard InChI is InChI=1S/C18H10FNO3/c19-13-6-3-5-12(8-13)17-20-15(18(21)23-17)10-14-9-11-4-1-2-7-16(11)22-14/h1-10H. The van der Waals surface area contributed by atoms with Crippen LogP contribution in [-0.4, -0.2) is 11.9 Å². The second kappa shape index (κ2) is 5.21. The van der Waals surface area contributed by atoms with Crippen LogP contribution in [-0.2, 0) is 9.53 Å². The summed E-state index contributed by atoms with van der Waals surface area (Å²) < 4.78 is 24.0. The summed E-state index contributed by atoms with van der Waals surface area (Å²) >= 11 is 0. The van der Waals surface area contributed by atoms with Crippen LogP contribution >= 0.6 is 0 Å². The third-order valence-corrected chi connectivity index (χ3v) is 3.42. The lowest BCUT2D eigenvalue weighted by Crippen LogP contribution is -2.05. The third-order valence-electron chi connectivity index (χ3n) is 3.42. The first kappa shape index (κ1) is 13.5. The largest absolute Gasteiger partial charge is 0.457 e. The Bertz CT molecular complexity index is 952. The first-order valence-electron chi connectivity index (χ1n) is 6.96. The van der Waals surface area contributed by atoms with E-state index in [0.717, 1.165) is 11.0 Å². The van der Waals surface area contributed by atoms with Gasteiger partial charge in [-0.1, -0.05) is 24.3 Å². The number of benzene rings is 2. The molecule has 0 atom stereocenters. The van der Waals surface area contributed by atoms with Crippen molar-refractivity contribution in [2.75, 3.05) is 0 Å². The molecule has 0 spiro atoms. The Morgan fingerprint density at radius 3 is 2.74 bits per heavy atom. The molecule has 0 saturated heterocycles. The Morgan fingerprint density at radius 2 is 1.91 bits per heavy atom. The fraction of sp³-hybridized carbons (Fsp3) is 0. The van der Waals surface area contributed by atoms with Gasteiger partial charge in [-0.05, 0) is 30.3 Å². The van der Waals surface area contributed by atoms with Crippen LogP contribution in [0.15, 0.2) is 69.7 Å². The number of rotatable bonds is 2. The van der Waals surface area contributed by atoms with Crippen LogP contribution in [0.4, 0.5) is 4.39 Å². The van der Waals surface area contributed by atoms with Gasteiger partial charge in [-0.15, -0.1) is 0 Å². The molecular formula is C18H10FNO3. The van der Waals surface area contributed by atoms with Crippen LogP contribution in [0.25, 0.3) is 17.0 Å². The molecular weight excluding hydrogens is 297 g/mol. The lowest BCUT2D eigenvalue weighted by atomic mass is 10.2. The SMILES string of the molecule is O=C1OC(c2cccc(F)c2)=NC1=Cc1cc2ccccc2o1. The molecule has 1 aliphatic heterocycles. The summed E-state index contributed by atoms with van der Waals surface area (Å²) in [5, 5.41) is 0.931. The molecule has 0 fully saturated rings. The van der Waals surface area contributed by atoms with Crippen LogP contribution < -0.4 is 0 Å². The predicted octanol–water partition coefficient (Wildman–Crippen LogP) is 3.92. The average molecular weight is 307 g/mol. The molecule has 0 unspecified atom stereocenters. The molecule has 5 heteroatoms. The summed E-state index contributed by atoms with van der Waals surface area (Å²) in [4.78, 5) is 16.0. The van der Waals surface area contributed by atoms with Crippen molar-refractivity contribution in [3.8, 4) is 0 Å². The van der Waals surface area contributed by atoms with Crippen LogP contribution in [0, 0.1) is 5.82 Å². The number of ether oxygens (including phenoxy) is 1. The molecule has 0 N–H and O–H groups in total. The van der Waals surface area contributed by atoms with Crippen molar-refractivity contribution in [2.45, 2.75) is 0 Å². The van der Waals surface area contributed by atoms with E-state index in [9.17, 15) is 9.18 Å². The number of hydrogen-bond acceptors (Lipinski definition) is 4. The third kappa shape index (κ3) is 2.53. The van der Waals surface area contributed by atoms with E-state index in [1.165, 1.54) is 24.3 Å². The van der Waals surface area contributed by atoms with Crippen molar-refractivity contribution in [1.82, 2.24) is 0 Å². The number of furan rings is 1. The zero-order chi connectivity index (χ0) is 15.8. The zero-order valence-corrected chi connectivity index (χ0v) is 11.8. The summed E-state index contributed by atoms with van der Waals surface area (Å²) in [6, 6.07) is 15.1. The monoisotopic (exact) mass is 307 g/mol. The van der Waals surface area contributed by atoms with Crippen molar-refractivity contribution in [3.63, 3.8) is 0 Å². The predicted molar refractivity (Wildman–Crippen MR) is 83.2 cm³/mol. The van der Waals surface area contributed by atoms with Gasteiger partial charge < -0.3 is 9.15 Å². The maximum atomic E-state index is 13.3. The van der Waals surface area contributed by atoms with Crippen molar-refractivity contribution < 1.29 is 18.3 Å². The number of cyclic esters (lactones) is 1. The fourth-order valence-electron chi connectivity index (χ4n) is 2.36. The van der Waals surface area contributed by atoms with Gasteiger partial charge in [0.2, 0.25) is 5.90 Å². The number of carbonyl (C=O) groups is 1. The smallest absolute Gasteiger partial charge is 0.363 e. The van der Waals surface area contributed by atoms with Gasteiger partial charge in [0.05, 0.1) is 0 Å². The van der Waals surface area contributed by atoms with Crippen molar-refractivity contribution in [2.24, 2.45) is 4.99 Å². The van der Waals surface area contributed by atoms with E-state index < -0.39 is 11.8 Å². The number of fused-ring (bicyclic) bond motifs is 1. The van der Waals surface area contributed by atoms with Gasteiger partial charge >= 0.3 is 5.97 Å². The fourth-order valence-corrected chi connectivity index (χ4v) is 2.36. The average Bonchev–Trinajstić information content (AvgIpc) is 3.11. The highest BCUT2D eigenvalue weighted by molar-refractivity contribution is 6.12. The summed E-state index contributed by atoms with van der Waals surface area (Å²) in [5.41, 5.74) is 1.25. The summed E-state index contributed by atoms with van der Waals surface area (Å²) in [5.74, 6) is -0.431. The van der Waals surface area contributed by atoms with Gasteiger partial charge in [-0.2, -0.15) is 0 Å². The van der Waals surface area contributed by atoms with Crippen LogP contribution in [0.1, 0.15) is 11.3 Å². The molecule has 4 rings (SSSR count). The van der Waals surface area contributed by atoms with Gasteiger partial charge in [0.25, 0.3) is 0 Å². The molecule has 23 heavy (non-hydrogen) atoms. The second-order valence-electron chi connectivity index (χ2n) is 5.03. The second-order valence-corrected chi connectivity index (χ2v) is 5.03. The Morgan fingerprint density at radius 1 is 1.04 bits per heavy atom. The highest BCUT2D eigenvalue weighted by Crippen LogP contribution is 2.24. The van der Waals surface area contributed by atoms with E-state index in [0.29, 0.717) is 11.3 Å². The Balaban J connectivity index is 1.72. The van der Waals surface area contributed by atoms with Gasteiger partial charge in [-0.25, -0.2) is 14.2 Å². The molecule has 4 nitrogen and oxygen atoms in total. The minimum Gasteiger partial charge on any atom is -0.457 e. The number of para-hydroxylation sites is 1. The lowest BCUT2D eigenvalue weighted by molar-refractivity contribution is -0.129. The molecule has 3 aromatic rings. The van der Waals surface area contributed by atoms with Gasteiger partial charge in [0.1, 0.15) is 17.2 Å². The minimum absolute atomic E-state index is 0.0804. The van der Waals surface area contributed by atoms with Gasteiger partial charge in [-0.3, -0.25) is 0 Å². The molecule has 112 valence electrons. The topological polar surface area (TPSA) is 51.8 Å². The van der Waals surface area contributed by atoms with E-state index in [4.69, 9.17) is 9.15 Å². The molecule has 2 heterocycles. The number of nitrogens with zero attached hydrogens (tertiary/aromatic N) is 1. The van der Waals surface area contributed by atoms with E-state index >= 15 is 0 Å². The van der Waals surface area contributed by atoms with Crippen molar-refractivity contribution in [3.05, 3.63) is 77.4 Å². The van der Waals surface area contributed by atoms with E-state index in [1.807, 2.05) is 30.3 Å². The highest BCUT2D eigenvalue weighted by Gasteiger charge is 2.24. The zero-order valence-electron chi connectivity index (χ0n) is 11.8. The highest BCUT2D eigenvalue weighted by atomic mass is 19.1. The Kier molecular flexibility index (Phi) is 3.05. The molecule has 1 aliphatic rings. The number of aliphatic imine (C=N–C) groups is 1. The lowest BCUT2D eigenvalue weighted by Gasteiger charge is -1.98. The maximum Gasteiger partial charge on any atom is 0.363 e. The molecule has 0 bridgehead atoms. The van der Waals surface area contributed by atoms with E-state index in [2.05, 4.69) is 4.99 Å². The molecule has 0 amide bonds. The van der Waals surface area contributed by atoms with Gasteiger partial charge in [0, 0.05) is 17.0 Å². The number of esters is 1. The molecule has 0 aliphatic carbocycles. The van der Waals surface area contributed by atoms with Gasteiger partial charge in [0.15, 0.2) is 5.70 Å². The quantitative estimate of drug-likeness (QED) is 0.532. The Hall–Kier alpha value is -3.21. The molecule has 2 aromatic carbocycles. The van der Waals surface area contributed by atoms with Crippen molar-refractivity contribution >= 4 is 28.9 Å². The summed E-state index contributed by atoms with van der Waals surface area (Å²) in [6.07, 6.45) is 1.51.